The molecule has 1 aliphatic carbocycles. The van der Waals surface area contributed by atoms with Crippen LogP contribution >= 0.6 is 22.2 Å². The van der Waals surface area contributed by atoms with E-state index in [0.717, 1.165) is 30.1 Å². The van der Waals surface area contributed by atoms with Gasteiger partial charge in [-0.2, -0.15) is 22.2 Å². The normalized spacial score (nSPS) is 19.9. The predicted molar refractivity (Wildman–Crippen MR) is 128 cm³/mol. The molecule has 0 heterocycles. The monoisotopic (exact) mass is 442 g/mol. The third-order valence-electron chi connectivity index (χ3n) is 6.25. The molecular formula is C24H40Cl2OSi. The number of ether oxygens (including phenoxy) is 1. The van der Waals surface area contributed by atoms with Crippen LogP contribution in [0.15, 0.2) is 24.3 Å². The van der Waals surface area contributed by atoms with Gasteiger partial charge in [-0.05, 0) is 67.7 Å². The van der Waals surface area contributed by atoms with E-state index >= 15 is 0 Å². The molecule has 0 atom stereocenters. The van der Waals surface area contributed by atoms with E-state index in [1.165, 1.54) is 82.6 Å². The maximum atomic E-state index is 5.88. The van der Waals surface area contributed by atoms with E-state index in [4.69, 9.17) is 26.9 Å². The fraction of sp³-hybridized carbons (Fsp3) is 0.750. The lowest BCUT2D eigenvalue weighted by Crippen LogP contribution is -2.13. The van der Waals surface area contributed by atoms with Crippen molar-refractivity contribution in [1.29, 1.82) is 0 Å². The van der Waals surface area contributed by atoms with Gasteiger partial charge < -0.3 is 4.74 Å². The smallest absolute Gasteiger partial charge is 0.237 e. The molecule has 1 saturated carbocycles. The number of unbranched alkanes of at least 4 members (excludes halogenated alkanes) is 6. The molecule has 0 spiro atoms. The number of rotatable bonds is 14. The first-order valence-corrected chi connectivity index (χ1v) is 16.0. The summed E-state index contributed by atoms with van der Waals surface area (Å²) in [5.41, 5.74) is 1.50. The Morgan fingerprint density at radius 1 is 0.857 bits per heavy atom. The molecule has 1 nitrogen and oxygen atoms in total. The molecule has 1 fully saturated rings. The van der Waals surface area contributed by atoms with Crippen molar-refractivity contribution in [3.8, 4) is 5.75 Å². The van der Waals surface area contributed by atoms with Crippen LogP contribution in [-0.2, 0) is 0 Å². The molecule has 0 unspecified atom stereocenters. The quantitative estimate of drug-likeness (QED) is 0.159. The van der Waals surface area contributed by atoms with Gasteiger partial charge in [-0.1, -0.05) is 70.4 Å². The van der Waals surface area contributed by atoms with Gasteiger partial charge in [0.05, 0.1) is 6.61 Å². The second-order valence-corrected chi connectivity index (χ2v) is 13.8. The summed E-state index contributed by atoms with van der Waals surface area (Å²) in [5, 5.41) is 0. The first kappa shape index (κ1) is 24.1. The Kier molecular flexibility index (Phi) is 12.7. The van der Waals surface area contributed by atoms with Crippen molar-refractivity contribution in [2.75, 3.05) is 6.61 Å². The van der Waals surface area contributed by atoms with Gasteiger partial charge in [0, 0.05) is 0 Å². The summed E-state index contributed by atoms with van der Waals surface area (Å²) in [5.74, 6) is 2.70. The van der Waals surface area contributed by atoms with E-state index in [1.807, 2.05) is 0 Å². The molecular weight excluding hydrogens is 403 g/mol. The highest BCUT2D eigenvalue weighted by molar-refractivity contribution is 7.33. The van der Waals surface area contributed by atoms with E-state index in [9.17, 15) is 0 Å². The molecule has 0 radical (unpaired) electrons. The molecule has 0 aromatic heterocycles. The maximum absolute atomic E-state index is 5.88. The topological polar surface area (TPSA) is 9.23 Å². The summed E-state index contributed by atoms with van der Waals surface area (Å²) < 4.78 is 5.81. The fourth-order valence-electron chi connectivity index (χ4n) is 4.44. The number of halogens is 2. The Balaban J connectivity index is 1.58. The summed E-state index contributed by atoms with van der Waals surface area (Å²) in [6.07, 6.45) is 18.0. The van der Waals surface area contributed by atoms with Crippen LogP contribution < -0.4 is 4.74 Å². The summed E-state index contributed by atoms with van der Waals surface area (Å²) in [4.78, 5) is 0. The zero-order valence-corrected chi connectivity index (χ0v) is 20.5. The van der Waals surface area contributed by atoms with Crippen LogP contribution in [0.1, 0.15) is 102 Å². The largest absolute Gasteiger partial charge is 0.494 e. The van der Waals surface area contributed by atoms with E-state index < -0.39 is 7.42 Å². The first-order chi connectivity index (χ1) is 13.7. The maximum Gasteiger partial charge on any atom is 0.237 e. The standard InChI is InChI=1S/C24H40Cl2OSi/c1-2-3-4-5-6-7-8-10-21-11-13-22(14-12-21)23-15-17-24(18-16-23)27-19-9-20-28(25)26/h15-18,21-22,28H,2-14,19-20H2,1H3. The minimum atomic E-state index is -1.48. The van der Waals surface area contributed by atoms with Gasteiger partial charge >= 0.3 is 0 Å². The Morgan fingerprint density at radius 2 is 1.50 bits per heavy atom. The zero-order chi connectivity index (χ0) is 20.0. The van der Waals surface area contributed by atoms with Gasteiger partial charge in [0.15, 0.2) is 0 Å². The summed E-state index contributed by atoms with van der Waals surface area (Å²) in [6, 6.07) is 9.74. The van der Waals surface area contributed by atoms with Crippen molar-refractivity contribution in [3.63, 3.8) is 0 Å². The molecule has 0 N–H and O–H groups in total. The highest BCUT2D eigenvalue weighted by Crippen LogP contribution is 2.38. The molecule has 0 amide bonds. The van der Waals surface area contributed by atoms with E-state index in [-0.39, 0.29) is 0 Å². The highest BCUT2D eigenvalue weighted by atomic mass is 35.7. The average Bonchev–Trinajstić information content (AvgIpc) is 2.71. The van der Waals surface area contributed by atoms with E-state index in [2.05, 4.69) is 31.2 Å². The lowest BCUT2D eigenvalue weighted by Gasteiger charge is -2.29. The average molecular weight is 444 g/mol. The molecule has 2 rings (SSSR count). The summed E-state index contributed by atoms with van der Waals surface area (Å²) >= 11 is 11.8. The first-order valence-electron chi connectivity index (χ1n) is 11.7. The Morgan fingerprint density at radius 3 is 2.14 bits per heavy atom. The van der Waals surface area contributed by atoms with Gasteiger partial charge in [0.1, 0.15) is 5.75 Å². The van der Waals surface area contributed by atoms with Gasteiger partial charge in [-0.15, -0.1) is 0 Å². The lowest BCUT2D eigenvalue weighted by atomic mass is 9.77. The van der Waals surface area contributed by atoms with Crippen LogP contribution in [0.4, 0.5) is 0 Å². The fourth-order valence-corrected chi connectivity index (χ4v) is 5.84. The molecule has 1 aromatic carbocycles. The minimum absolute atomic E-state index is 0.714. The Labute approximate surface area is 184 Å². The van der Waals surface area contributed by atoms with E-state index in [1.54, 1.807) is 0 Å². The van der Waals surface area contributed by atoms with Gasteiger partial charge in [-0.25, -0.2) is 0 Å². The van der Waals surface area contributed by atoms with E-state index in [0.29, 0.717) is 6.61 Å². The van der Waals surface area contributed by atoms with Crippen LogP contribution in [0.2, 0.25) is 6.04 Å². The molecule has 0 aliphatic heterocycles. The van der Waals surface area contributed by atoms with Gasteiger partial charge in [0.2, 0.25) is 7.42 Å². The number of hydrogen-bond acceptors (Lipinski definition) is 1. The molecule has 1 aromatic rings. The third-order valence-corrected chi connectivity index (χ3v) is 8.40. The second kappa shape index (κ2) is 14.7. The number of benzene rings is 1. The highest BCUT2D eigenvalue weighted by Gasteiger charge is 2.22. The molecule has 28 heavy (non-hydrogen) atoms. The SMILES string of the molecule is CCCCCCCCCC1CCC(c2ccc(OCCC[SiH](Cl)Cl)cc2)CC1. The third kappa shape index (κ3) is 10.0. The second-order valence-electron chi connectivity index (χ2n) is 8.58. The van der Waals surface area contributed by atoms with Crippen LogP contribution in [0, 0.1) is 5.92 Å². The Bertz CT molecular complexity index is 498. The van der Waals surface area contributed by atoms with Crippen LogP contribution in [0.3, 0.4) is 0 Å². The minimum Gasteiger partial charge on any atom is -0.494 e. The Hall–Kier alpha value is -0.183. The molecule has 160 valence electrons. The van der Waals surface area contributed by atoms with Crippen LogP contribution in [0.25, 0.3) is 0 Å². The van der Waals surface area contributed by atoms with Crippen LogP contribution in [-0.4, -0.2) is 14.0 Å². The van der Waals surface area contributed by atoms with Crippen LogP contribution in [0.5, 0.6) is 5.75 Å². The predicted octanol–water partition coefficient (Wildman–Crippen LogP) is 8.57. The summed E-state index contributed by atoms with van der Waals surface area (Å²) in [6.45, 7) is 3.01. The van der Waals surface area contributed by atoms with Gasteiger partial charge in [0.25, 0.3) is 0 Å². The van der Waals surface area contributed by atoms with Crippen molar-refractivity contribution in [2.45, 2.75) is 102 Å². The lowest BCUT2D eigenvalue weighted by molar-refractivity contribution is 0.301. The van der Waals surface area contributed by atoms with Crippen molar-refractivity contribution in [2.24, 2.45) is 5.92 Å². The number of hydrogen-bond donors (Lipinski definition) is 0. The van der Waals surface area contributed by atoms with Crippen molar-refractivity contribution in [1.82, 2.24) is 0 Å². The summed E-state index contributed by atoms with van der Waals surface area (Å²) in [7, 11) is -1.48. The van der Waals surface area contributed by atoms with Crippen molar-refractivity contribution < 1.29 is 4.74 Å². The molecule has 0 saturated heterocycles. The van der Waals surface area contributed by atoms with Gasteiger partial charge in [-0.3, -0.25) is 0 Å². The zero-order valence-electron chi connectivity index (χ0n) is 17.8. The van der Waals surface area contributed by atoms with Crippen molar-refractivity contribution >= 4 is 29.6 Å². The van der Waals surface area contributed by atoms with Crippen molar-refractivity contribution in [3.05, 3.63) is 29.8 Å². The molecule has 1 aliphatic rings. The molecule has 4 heteroatoms. The molecule has 0 bridgehead atoms.